The van der Waals surface area contributed by atoms with Crippen LogP contribution < -0.4 is 20.3 Å². The van der Waals surface area contributed by atoms with E-state index in [1.165, 1.54) is 23.1 Å². The van der Waals surface area contributed by atoms with Gasteiger partial charge in [0.2, 0.25) is 5.91 Å². The Kier molecular flexibility index (Phi) is 6.53. The molecule has 2 amide bonds. The van der Waals surface area contributed by atoms with E-state index in [4.69, 9.17) is 4.74 Å². The molecule has 2 heterocycles. The highest BCUT2D eigenvalue weighted by atomic mass is 35.5. The first-order valence-electron chi connectivity index (χ1n) is 7.91. The van der Waals surface area contributed by atoms with E-state index in [0.717, 1.165) is 25.1 Å². The molecule has 0 spiro atoms. The number of rotatable bonds is 5. The van der Waals surface area contributed by atoms with Crippen LogP contribution in [-0.2, 0) is 9.59 Å². The summed E-state index contributed by atoms with van der Waals surface area (Å²) in [5, 5.41) is 16.9. The van der Waals surface area contributed by atoms with Gasteiger partial charge in [-0.2, -0.15) is 0 Å². The Morgan fingerprint density at radius 1 is 1.42 bits per heavy atom. The van der Waals surface area contributed by atoms with Crippen molar-refractivity contribution < 1.29 is 19.2 Å². The van der Waals surface area contributed by atoms with Gasteiger partial charge in [-0.3, -0.25) is 24.6 Å². The number of nitrogens with zero attached hydrogens (tertiary/aromatic N) is 2. The molecular weight excluding hydrogens is 364 g/mol. The molecule has 0 saturated heterocycles. The van der Waals surface area contributed by atoms with Gasteiger partial charge in [-0.15, -0.1) is 12.4 Å². The van der Waals surface area contributed by atoms with Crippen LogP contribution in [0.15, 0.2) is 29.8 Å². The van der Waals surface area contributed by atoms with Crippen LogP contribution in [0.5, 0.6) is 5.75 Å². The predicted octanol–water partition coefficient (Wildman–Crippen LogP) is 0.778. The lowest BCUT2D eigenvalue weighted by Gasteiger charge is -2.28. The van der Waals surface area contributed by atoms with Crippen molar-refractivity contribution in [1.82, 2.24) is 10.6 Å². The van der Waals surface area contributed by atoms with Crippen LogP contribution in [0.2, 0.25) is 0 Å². The Morgan fingerprint density at radius 2 is 2.23 bits per heavy atom. The standard InChI is InChI=1S/C16H18N4O5.ClH/c21-15(18-8-11-3-5-17-6-4-11)9-19-13-7-12(20(23)24)1-2-14(13)25-10-16(19)22;/h1-3,7,17H,4-6,8-10H2,(H,18,21);1H. The van der Waals surface area contributed by atoms with Crippen molar-refractivity contribution >= 4 is 35.6 Å². The Labute approximate surface area is 155 Å². The molecule has 0 atom stereocenters. The zero-order valence-corrected chi connectivity index (χ0v) is 14.7. The SMILES string of the molecule is Cl.O=C(CN1C(=O)COc2ccc([N+](=O)[O-])cc21)NCC1=CCNCC1. The molecule has 0 radical (unpaired) electrons. The Hall–Kier alpha value is -2.65. The van der Waals surface area contributed by atoms with Crippen LogP contribution in [0.25, 0.3) is 0 Å². The van der Waals surface area contributed by atoms with Crippen LogP contribution in [0, 0.1) is 10.1 Å². The van der Waals surface area contributed by atoms with Gasteiger partial charge in [0.05, 0.1) is 10.6 Å². The highest BCUT2D eigenvalue weighted by Gasteiger charge is 2.29. The van der Waals surface area contributed by atoms with Crippen molar-refractivity contribution in [1.29, 1.82) is 0 Å². The molecule has 0 fully saturated rings. The Bertz CT molecular complexity index is 752. The molecule has 2 aliphatic heterocycles. The summed E-state index contributed by atoms with van der Waals surface area (Å²) in [5.41, 5.74) is 1.21. The van der Waals surface area contributed by atoms with Gasteiger partial charge in [0.25, 0.3) is 11.6 Å². The van der Waals surface area contributed by atoms with Crippen LogP contribution in [0.4, 0.5) is 11.4 Å². The molecule has 26 heavy (non-hydrogen) atoms. The van der Waals surface area contributed by atoms with Crippen molar-refractivity contribution in [3.63, 3.8) is 0 Å². The topological polar surface area (TPSA) is 114 Å². The predicted molar refractivity (Wildman–Crippen MR) is 96.8 cm³/mol. The number of amides is 2. The second-order valence-electron chi connectivity index (χ2n) is 5.77. The number of nitro benzene ring substituents is 1. The summed E-state index contributed by atoms with van der Waals surface area (Å²) < 4.78 is 5.28. The molecule has 0 aliphatic carbocycles. The lowest BCUT2D eigenvalue weighted by molar-refractivity contribution is -0.384. The molecule has 0 bridgehead atoms. The average molecular weight is 383 g/mol. The second-order valence-corrected chi connectivity index (χ2v) is 5.77. The van der Waals surface area contributed by atoms with E-state index in [9.17, 15) is 19.7 Å². The summed E-state index contributed by atoms with van der Waals surface area (Å²) in [7, 11) is 0. The molecular formula is C16H19ClN4O5. The van der Waals surface area contributed by atoms with Crippen molar-refractivity contribution in [3.05, 3.63) is 40.0 Å². The number of ether oxygens (including phenoxy) is 1. The largest absolute Gasteiger partial charge is 0.482 e. The van der Waals surface area contributed by atoms with E-state index in [-0.39, 0.29) is 42.8 Å². The number of anilines is 1. The summed E-state index contributed by atoms with van der Waals surface area (Å²) in [6, 6.07) is 3.98. The second kappa shape index (κ2) is 8.63. The number of hydrogen-bond acceptors (Lipinski definition) is 6. The highest BCUT2D eigenvalue weighted by molar-refractivity contribution is 6.02. The van der Waals surface area contributed by atoms with E-state index < -0.39 is 10.8 Å². The fourth-order valence-electron chi connectivity index (χ4n) is 2.72. The summed E-state index contributed by atoms with van der Waals surface area (Å²) >= 11 is 0. The van der Waals surface area contributed by atoms with Crippen molar-refractivity contribution in [3.8, 4) is 5.75 Å². The Morgan fingerprint density at radius 3 is 2.92 bits per heavy atom. The van der Waals surface area contributed by atoms with Gasteiger partial charge in [-0.1, -0.05) is 11.6 Å². The number of non-ortho nitro benzene ring substituents is 1. The smallest absolute Gasteiger partial charge is 0.271 e. The minimum atomic E-state index is -0.554. The lowest BCUT2D eigenvalue weighted by atomic mass is 10.1. The quantitative estimate of drug-likeness (QED) is 0.442. The van der Waals surface area contributed by atoms with Crippen molar-refractivity contribution in [2.45, 2.75) is 6.42 Å². The third-order valence-corrected chi connectivity index (χ3v) is 4.07. The zero-order valence-electron chi connectivity index (χ0n) is 13.9. The fourth-order valence-corrected chi connectivity index (χ4v) is 2.72. The van der Waals surface area contributed by atoms with E-state index in [1.807, 2.05) is 6.08 Å². The monoisotopic (exact) mass is 382 g/mol. The summed E-state index contributed by atoms with van der Waals surface area (Å²) in [4.78, 5) is 35.9. The molecule has 1 aromatic rings. The summed E-state index contributed by atoms with van der Waals surface area (Å²) in [6.45, 7) is 1.68. The third-order valence-electron chi connectivity index (χ3n) is 4.07. The number of benzene rings is 1. The molecule has 0 unspecified atom stereocenters. The van der Waals surface area contributed by atoms with Crippen molar-refractivity contribution in [2.24, 2.45) is 0 Å². The molecule has 2 aliphatic rings. The molecule has 10 heteroatoms. The van der Waals surface area contributed by atoms with E-state index in [1.54, 1.807) is 0 Å². The number of nitrogens with one attached hydrogen (secondary N) is 2. The molecule has 0 aromatic heterocycles. The molecule has 9 nitrogen and oxygen atoms in total. The summed E-state index contributed by atoms with van der Waals surface area (Å²) in [6.07, 6.45) is 2.90. The number of carbonyl (C=O) groups excluding carboxylic acids is 2. The number of halogens is 1. The number of fused-ring (bicyclic) bond motifs is 1. The first-order chi connectivity index (χ1) is 12.0. The summed E-state index contributed by atoms with van der Waals surface area (Å²) in [5.74, 6) is -0.393. The van der Waals surface area contributed by atoms with Gasteiger partial charge in [0.1, 0.15) is 12.3 Å². The molecule has 2 N–H and O–H groups in total. The van der Waals surface area contributed by atoms with E-state index in [0.29, 0.717) is 12.3 Å². The maximum Gasteiger partial charge on any atom is 0.271 e. The maximum atomic E-state index is 12.2. The highest BCUT2D eigenvalue weighted by Crippen LogP contribution is 2.35. The van der Waals surface area contributed by atoms with E-state index in [2.05, 4.69) is 10.6 Å². The van der Waals surface area contributed by atoms with Crippen LogP contribution in [0.3, 0.4) is 0 Å². The first-order valence-corrected chi connectivity index (χ1v) is 7.91. The molecule has 3 rings (SSSR count). The average Bonchev–Trinajstić information content (AvgIpc) is 2.63. The zero-order chi connectivity index (χ0) is 17.8. The van der Waals surface area contributed by atoms with Gasteiger partial charge in [-0.25, -0.2) is 0 Å². The lowest BCUT2D eigenvalue weighted by Crippen LogP contribution is -2.45. The van der Waals surface area contributed by atoms with Crippen LogP contribution >= 0.6 is 12.4 Å². The number of nitro groups is 1. The maximum absolute atomic E-state index is 12.2. The fraction of sp³-hybridized carbons (Fsp3) is 0.375. The number of hydrogen-bond donors (Lipinski definition) is 2. The Balaban J connectivity index is 0.00000243. The molecule has 140 valence electrons. The van der Waals surface area contributed by atoms with Gasteiger partial charge in [0, 0.05) is 25.2 Å². The van der Waals surface area contributed by atoms with Gasteiger partial charge < -0.3 is 15.4 Å². The minimum absolute atomic E-state index is 0. The molecule has 1 aromatic carbocycles. The van der Waals surface area contributed by atoms with Gasteiger partial charge >= 0.3 is 0 Å². The minimum Gasteiger partial charge on any atom is -0.482 e. The van der Waals surface area contributed by atoms with Gasteiger partial charge in [0.15, 0.2) is 6.61 Å². The van der Waals surface area contributed by atoms with Gasteiger partial charge in [-0.05, 0) is 19.0 Å². The first kappa shape index (κ1) is 19.7. The normalized spacial score (nSPS) is 15.9. The van der Waals surface area contributed by atoms with Crippen molar-refractivity contribution in [2.75, 3.05) is 37.7 Å². The third kappa shape index (κ3) is 4.50. The van der Waals surface area contributed by atoms with Crippen LogP contribution in [-0.4, -0.2) is 49.5 Å². The van der Waals surface area contributed by atoms with Crippen LogP contribution in [0.1, 0.15) is 6.42 Å². The molecule has 0 saturated carbocycles. The van der Waals surface area contributed by atoms with E-state index >= 15 is 0 Å². The number of carbonyl (C=O) groups is 2.